The Bertz CT molecular complexity index is 895. The second-order valence-corrected chi connectivity index (χ2v) is 8.48. The molecule has 11 heteroatoms. The van der Waals surface area contributed by atoms with Crippen LogP contribution in [0.5, 0.6) is 11.5 Å². The number of sulfonamides is 1. The lowest BCUT2D eigenvalue weighted by atomic mass is 10.1. The van der Waals surface area contributed by atoms with E-state index in [0.717, 1.165) is 11.3 Å². The fraction of sp³-hybridized carbons (Fsp3) is 0.267. The molecule has 0 atom stereocenters. The summed E-state index contributed by atoms with van der Waals surface area (Å²) >= 11 is 6.62. The van der Waals surface area contributed by atoms with Crippen LogP contribution in [0.4, 0.5) is 5.69 Å². The number of rotatable bonds is 9. The normalized spacial score (nSPS) is 11.2. The molecule has 0 fully saturated rings. The molecule has 0 aliphatic heterocycles. The van der Waals surface area contributed by atoms with Gasteiger partial charge in [0, 0.05) is 19.2 Å². The highest BCUT2D eigenvalue weighted by atomic mass is 35.5. The molecule has 0 bridgehead atoms. The average molecular weight is 422 g/mol. The zero-order valence-electron chi connectivity index (χ0n) is 13.8. The predicted octanol–water partition coefficient (Wildman–Crippen LogP) is 2.93. The smallest absolute Gasteiger partial charge is 0.337 e. The van der Waals surface area contributed by atoms with Crippen LogP contribution >= 0.6 is 22.9 Å². The van der Waals surface area contributed by atoms with E-state index in [4.69, 9.17) is 25.8 Å². The summed E-state index contributed by atoms with van der Waals surface area (Å²) in [6.07, 6.45) is 0. The number of halogens is 1. The van der Waals surface area contributed by atoms with Crippen LogP contribution in [0, 0.1) is 0 Å². The predicted molar refractivity (Wildman–Crippen MR) is 97.5 cm³/mol. The molecule has 0 unspecified atom stereocenters. The van der Waals surface area contributed by atoms with E-state index in [0.29, 0.717) is 10.9 Å². The number of hydrogen-bond donors (Lipinski definition) is 2. The largest absolute Gasteiger partial charge is 0.493 e. The first-order valence-electron chi connectivity index (χ1n) is 7.13. The van der Waals surface area contributed by atoms with Gasteiger partial charge in [-0.25, -0.2) is 13.2 Å². The number of hydrogen-bond acceptors (Lipinski definition) is 7. The van der Waals surface area contributed by atoms with Gasteiger partial charge < -0.3 is 19.3 Å². The summed E-state index contributed by atoms with van der Waals surface area (Å²) in [5.41, 5.74) is -0.442. The Morgan fingerprint density at radius 3 is 2.50 bits per heavy atom. The van der Waals surface area contributed by atoms with Crippen molar-refractivity contribution in [3.63, 3.8) is 0 Å². The molecule has 1 aromatic carbocycles. The number of aromatic carboxylic acids is 1. The van der Waals surface area contributed by atoms with Crippen molar-refractivity contribution >= 4 is 44.6 Å². The number of carboxylic acid groups (broad SMARTS) is 1. The minimum Gasteiger partial charge on any atom is -0.493 e. The lowest BCUT2D eigenvalue weighted by molar-refractivity contribution is 0.0697. The van der Waals surface area contributed by atoms with Gasteiger partial charge in [-0.3, -0.25) is 4.72 Å². The van der Waals surface area contributed by atoms with Crippen LogP contribution in [0.25, 0.3) is 0 Å². The van der Waals surface area contributed by atoms with Crippen LogP contribution < -0.4 is 14.2 Å². The van der Waals surface area contributed by atoms with Gasteiger partial charge in [-0.05, 0) is 12.1 Å². The molecule has 1 aromatic heterocycles. The van der Waals surface area contributed by atoms with Gasteiger partial charge >= 0.3 is 5.97 Å². The molecule has 1 heterocycles. The van der Waals surface area contributed by atoms with E-state index >= 15 is 0 Å². The maximum atomic E-state index is 12.5. The van der Waals surface area contributed by atoms with Crippen molar-refractivity contribution in [2.75, 3.05) is 32.2 Å². The average Bonchev–Trinajstić information content (AvgIpc) is 3.02. The van der Waals surface area contributed by atoms with E-state index in [9.17, 15) is 18.3 Å². The van der Waals surface area contributed by atoms with Gasteiger partial charge in [0.05, 0.1) is 29.3 Å². The molecule has 2 rings (SSSR count). The maximum absolute atomic E-state index is 12.5. The van der Waals surface area contributed by atoms with Crippen LogP contribution in [0.1, 0.15) is 10.4 Å². The fourth-order valence-electron chi connectivity index (χ4n) is 1.97. The Hall–Kier alpha value is -2.01. The number of thiophene rings is 1. The van der Waals surface area contributed by atoms with Gasteiger partial charge in [0.15, 0.2) is 11.5 Å². The number of methoxy groups -OCH3 is 2. The molecule has 0 saturated heterocycles. The third-order valence-corrected chi connectivity index (χ3v) is 6.23. The highest BCUT2D eigenvalue weighted by molar-refractivity contribution is 7.94. The summed E-state index contributed by atoms with van der Waals surface area (Å²) in [5, 5.41) is 9.39. The molecule has 0 radical (unpaired) electrons. The van der Waals surface area contributed by atoms with Crippen LogP contribution in [0.3, 0.4) is 0 Å². The van der Waals surface area contributed by atoms with Crippen LogP contribution in [-0.2, 0) is 14.8 Å². The van der Waals surface area contributed by atoms with Crippen molar-refractivity contribution in [2.24, 2.45) is 0 Å². The molecule has 2 aromatic rings. The molecule has 8 nitrogen and oxygen atoms in total. The minimum atomic E-state index is -4.01. The monoisotopic (exact) mass is 421 g/mol. The molecule has 0 aliphatic rings. The summed E-state index contributed by atoms with van der Waals surface area (Å²) < 4.78 is 42.9. The highest BCUT2D eigenvalue weighted by Gasteiger charge is 2.23. The lowest BCUT2D eigenvalue weighted by Crippen LogP contribution is -2.15. The van der Waals surface area contributed by atoms with E-state index in [1.54, 1.807) is 0 Å². The van der Waals surface area contributed by atoms with Crippen molar-refractivity contribution in [3.05, 3.63) is 34.2 Å². The first-order chi connectivity index (χ1) is 12.3. The van der Waals surface area contributed by atoms with E-state index in [1.165, 1.54) is 38.5 Å². The number of benzene rings is 1. The van der Waals surface area contributed by atoms with Crippen molar-refractivity contribution in [1.82, 2.24) is 0 Å². The number of ether oxygens (including phenoxy) is 3. The molecular formula is C15H16ClNO7S2. The highest BCUT2D eigenvalue weighted by Crippen LogP contribution is 2.35. The Morgan fingerprint density at radius 2 is 1.96 bits per heavy atom. The van der Waals surface area contributed by atoms with E-state index in [-0.39, 0.29) is 33.6 Å². The summed E-state index contributed by atoms with van der Waals surface area (Å²) in [6.45, 7) is 0.463. The summed E-state index contributed by atoms with van der Waals surface area (Å²) in [6, 6.07) is 5.20. The van der Waals surface area contributed by atoms with E-state index in [1.807, 2.05) is 0 Å². The maximum Gasteiger partial charge on any atom is 0.337 e. The first kappa shape index (κ1) is 20.3. The Kier molecular flexibility index (Phi) is 6.70. The van der Waals surface area contributed by atoms with Gasteiger partial charge in [0.2, 0.25) is 0 Å². The molecular weight excluding hydrogens is 406 g/mol. The topological polar surface area (TPSA) is 111 Å². The Labute approximate surface area is 159 Å². The molecule has 26 heavy (non-hydrogen) atoms. The summed E-state index contributed by atoms with van der Waals surface area (Å²) in [5.74, 6) is -0.995. The van der Waals surface area contributed by atoms with Crippen LogP contribution in [-0.4, -0.2) is 46.9 Å². The van der Waals surface area contributed by atoms with Crippen LogP contribution in [0.2, 0.25) is 4.34 Å². The third kappa shape index (κ3) is 4.79. The molecule has 0 saturated carbocycles. The minimum absolute atomic E-state index is 0.0449. The number of carbonyl (C=O) groups is 1. The van der Waals surface area contributed by atoms with E-state index < -0.39 is 16.0 Å². The SMILES string of the molecule is COCCOc1cc(NS(=O)(=O)c2ccc(Cl)s2)c(C(=O)O)cc1OC. The lowest BCUT2D eigenvalue weighted by Gasteiger charge is -2.15. The van der Waals surface area contributed by atoms with Crippen LogP contribution in [0.15, 0.2) is 28.5 Å². The van der Waals surface area contributed by atoms with E-state index in [2.05, 4.69) is 4.72 Å². The summed E-state index contributed by atoms with van der Waals surface area (Å²) in [7, 11) is -1.16. The zero-order chi connectivity index (χ0) is 19.3. The van der Waals surface area contributed by atoms with Gasteiger partial charge in [0.25, 0.3) is 10.0 Å². The Morgan fingerprint density at radius 1 is 1.23 bits per heavy atom. The Balaban J connectivity index is 2.44. The number of nitrogens with one attached hydrogen (secondary N) is 1. The number of carboxylic acids is 1. The second-order valence-electron chi connectivity index (χ2n) is 4.86. The van der Waals surface area contributed by atoms with Gasteiger partial charge in [-0.1, -0.05) is 11.6 Å². The van der Waals surface area contributed by atoms with Crippen molar-refractivity contribution in [2.45, 2.75) is 4.21 Å². The third-order valence-electron chi connectivity index (χ3n) is 3.14. The molecule has 0 amide bonds. The van der Waals surface area contributed by atoms with Crippen molar-refractivity contribution < 1.29 is 32.5 Å². The zero-order valence-corrected chi connectivity index (χ0v) is 16.2. The molecule has 2 N–H and O–H groups in total. The van der Waals surface area contributed by atoms with Gasteiger partial charge in [-0.2, -0.15) is 0 Å². The quantitative estimate of drug-likeness (QED) is 0.598. The van der Waals surface area contributed by atoms with Gasteiger partial charge in [-0.15, -0.1) is 11.3 Å². The van der Waals surface area contributed by atoms with Crippen molar-refractivity contribution in [1.29, 1.82) is 0 Å². The first-order valence-corrected chi connectivity index (χ1v) is 9.81. The van der Waals surface area contributed by atoms with Gasteiger partial charge in [0.1, 0.15) is 10.8 Å². The molecule has 0 spiro atoms. The fourth-order valence-corrected chi connectivity index (χ4v) is 4.52. The number of anilines is 1. The van der Waals surface area contributed by atoms with Crippen molar-refractivity contribution in [3.8, 4) is 11.5 Å². The second kappa shape index (κ2) is 8.58. The molecule has 142 valence electrons. The standard InChI is InChI=1S/C15H16ClNO7S2/c1-22-5-6-24-12-8-10(9(15(18)19)7-11(12)23-2)17-26(20,21)14-4-3-13(16)25-14/h3-4,7-8,17H,5-6H2,1-2H3,(H,18,19). The molecule has 0 aliphatic carbocycles. The summed E-state index contributed by atoms with van der Waals surface area (Å²) in [4.78, 5) is 11.5.